The minimum Gasteiger partial charge on any atom is -0.391 e. The smallest absolute Gasteiger partial charge is 0.278 e. The lowest BCUT2D eigenvalue weighted by molar-refractivity contribution is -0.137. The van der Waals surface area contributed by atoms with Gasteiger partial charge in [-0.1, -0.05) is 67.2 Å². The van der Waals surface area contributed by atoms with E-state index in [-0.39, 0.29) is 32.2 Å². The van der Waals surface area contributed by atoms with Crippen molar-refractivity contribution >= 4 is 116 Å². The van der Waals surface area contributed by atoms with Crippen molar-refractivity contribution in [2.24, 2.45) is 17.8 Å². The molecular formula is C57H108N16O28S5. The number of hydrogen-bond donors (Lipinski definition) is 23. The van der Waals surface area contributed by atoms with Gasteiger partial charge in [-0.05, 0) is 109 Å². The van der Waals surface area contributed by atoms with Gasteiger partial charge in [0.2, 0.25) is 65.0 Å². The van der Waals surface area contributed by atoms with Gasteiger partial charge >= 0.3 is 0 Å². The van der Waals surface area contributed by atoms with Crippen LogP contribution in [-0.2, 0) is 103 Å². The van der Waals surface area contributed by atoms with Gasteiger partial charge in [0.1, 0.15) is 89.8 Å². The summed E-state index contributed by atoms with van der Waals surface area (Å²) in [5.74, 6) is -19.9. The molecule has 1 saturated heterocycles. The summed E-state index contributed by atoms with van der Waals surface area (Å²) in [6.07, 6.45) is -5.50. The Hall–Kier alpha value is -6.56. The molecule has 0 radical (unpaired) electrons. The van der Waals surface area contributed by atoms with E-state index in [4.69, 9.17) is 0 Å². The monoisotopic (exact) mass is 1620 g/mol. The van der Waals surface area contributed by atoms with E-state index in [1.165, 1.54) is 13.8 Å². The highest BCUT2D eigenvalue weighted by atomic mass is 32.2. The fraction of sp³-hybridized carbons (Fsp3) is 0.807. The summed E-state index contributed by atoms with van der Waals surface area (Å²) in [7, 11) is -23.5. The molecule has 44 nitrogen and oxygen atoms in total. The molecule has 614 valence electrons. The number of nitrogens with one attached hydrogen (secondary N) is 16. The third-order valence-corrected chi connectivity index (χ3v) is 19.0. The van der Waals surface area contributed by atoms with Gasteiger partial charge in [-0.3, -0.25) is 75.5 Å². The molecule has 23 N–H and O–H groups in total. The molecule has 1 fully saturated rings. The van der Waals surface area contributed by atoms with Crippen molar-refractivity contribution in [3.63, 3.8) is 0 Å². The average molecular weight is 1630 g/mol. The number of carbonyl (C=O) groups excluding carboxylic acids is 11. The minimum absolute atomic E-state index is 0.0885. The third kappa shape index (κ3) is 42.3. The molecule has 106 heavy (non-hydrogen) atoms. The second-order valence-corrected chi connectivity index (χ2v) is 33.2. The van der Waals surface area contributed by atoms with Gasteiger partial charge in [0.05, 0.1) is 12.2 Å². The first-order valence-electron chi connectivity index (χ1n) is 33.9. The number of carbonyl (C=O) groups is 11. The molecule has 11 amide bonds. The van der Waals surface area contributed by atoms with Crippen LogP contribution < -0.4 is 85.1 Å². The normalized spacial score (nSPS) is 21.8. The maximum absolute atomic E-state index is 14.9. The van der Waals surface area contributed by atoms with Crippen LogP contribution in [0.3, 0.4) is 0 Å². The average Bonchev–Trinajstić information content (AvgIpc) is 0.908. The minimum atomic E-state index is -4.77. The second kappa shape index (κ2) is 47.4. The Kier molecular flexibility index (Phi) is 43.6. The predicted molar refractivity (Wildman–Crippen MR) is 378 cm³/mol. The maximum Gasteiger partial charge on any atom is 0.278 e. The van der Waals surface area contributed by atoms with Crippen LogP contribution >= 0.6 is 0 Å². The third-order valence-electron chi connectivity index (χ3n) is 16.2. The van der Waals surface area contributed by atoms with Crippen LogP contribution in [0.2, 0.25) is 0 Å². The van der Waals surface area contributed by atoms with Crippen LogP contribution in [0.1, 0.15) is 132 Å². The van der Waals surface area contributed by atoms with Crippen molar-refractivity contribution in [1.82, 2.24) is 85.1 Å². The van der Waals surface area contributed by atoms with E-state index in [9.17, 15) is 128 Å². The van der Waals surface area contributed by atoms with Crippen molar-refractivity contribution in [3.05, 3.63) is 0 Å². The van der Waals surface area contributed by atoms with E-state index in [1.807, 2.05) is 13.8 Å². The van der Waals surface area contributed by atoms with Gasteiger partial charge < -0.3 is 95.3 Å². The lowest BCUT2D eigenvalue weighted by Gasteiger charge is -2.31. The zero-order valence-corrected chi connectivity index (χ0v) is 64.3. The number of amides is 11. The Morgan fingerprint density at radius 3 is 1.20 bits per heavy atom. The van der Waals surface area contributed by atoms with Gasteiger partial charge in [0.15, 0.2) is 0 Å². The van der Waals surface area contributed by atoms with E-state index in [2.05, 4.69) is 85.1 Å². The molecule has 1 aliphatic heterocycles. The Bertz CT molecular complexity index is 3510. The van der Waals surface area contributed by atoms with Gasteiger partial charge in [0.25, 0.3) is 50.6 Å². The maximum atomic E-state index is 14.9. The first kappa shape index (κ1) is 97.5. The Labute approximate surface area is 616 Å². The number of aliphatic hydroxyl groups is 2. The zero-order valence-electron chi connectivity index (χ0n) is 60.2. The summed E-state index contributed by atoms with van der Waals surface area (Å²) in [5, 5.41) is 59.7. The molecule has 0 aromatic carbocycles. The quantitative estimate of drug-likeness (QED) is 0.0199. The summed E-state index contributed by atoms with van der Waals surface area (Å²) in [6, 6.07) is -18.6. The van der Waals surface area contributed by atoms with Gasteiger partial charge in [0, 0.05) is 13.0 Å². The van der Waals surface area contributed by atoms with Crippen LogP contribution in [0.15, 0.2) is 0 Å². The van der Waals surface area contributed by atoms with Crippen LogP contribution in [0.4, 0.5) is 0 Å². The first-order chi connectivity index (χ1) is 49.0. The molecular weight excluding hydrogens is 1520 g/mol. The molecule has 14 atom stereocenters. The molecule has 0 aromatic heterocycles. The molecule has 0 bridgehead atoms. The van der Waals surface area contributed by atoms with Crippen LogP contribution in [-0.4, -0.2) is 281 Å². The zero-order chi connectivity index (χ0) is 81.1. The highest BCUT2D eigenvalue weighted by molar-refractivity contribution is 7.86. The van der Waals surface area contributed by atoms with Crippen molar-refractivity contribution < 1.29 is 128 Å². The Morgan fingerprint density at radius 2 is 0.802 bits per heavy atom. The van der Waals surface area contributed by atoms with E-state index >= 15 is 0 Å². The van der Waals surface area contributed by atoms with Gasteiger partial charge in [-0.15, -0.1) is 0 Å². The summed E-state index contributed by atoms with van der Waals surface area (Å²) < 4.78 is 163. The molecule has 0 aliphatic carbocycles. The van der Waals surface area contributed by atoms with E-state index in [0.29, 0.717) is 18.8 Å². The largest absolute Gasteiger partial charge is 0.391 e. The molecule has 0 aromatic rings. The SMILES string of the molecule is CCC(C)C1NC(=O)C(CCNCS(=O)(=O)O)NC(=O)C(NC(=O)C(CCNCS(=O)(=O)O)NC(=O)C(NC(=O)C(CCNCS(=O)(=O)O)NC(=O)CCCCC(C)C)C(C)O)CCNC(=O)C(C(C)O)NC(=O)C(CCNCS(=O)(=O)O)NC(=O)C(CCNCS(=O)(=O)O)NC(=O)C(C(C)CC)NC1=O. The lowest BCUT2D eigenvalue weighted by Crippen LogP contribution is -2.62. The van der Waals surface area contributed by atoms with Gasteiger partial charge in [-0.2, -0.15) is 42.1 Å². The molecule has 1 heterocycles. The molecule has 49 heteroatoms. The molecule has 0 saturated carbocycles. The van der Waals surface area contributed by atoms with Crippen LogP contribution in [0, 0.1) is 17.8 Å². The number of hydrogen-bond acceptors (Lipinski definition) is 28. The van der Waals surface area contributed by atoms with Crippen molar-refractivity contribution in [2.75, 3.05) is 68.7 Å². The van der Waals surface area contributed by atoms with Crippen molar-refractivity contribution in [2.45, 2.75) is 205 Å². The summed E-state index contributed by atoms with van der Waals surface area (Å²) in [5.41, 5.74) is 0. The van der Waals surface area contributed by atoms with Crippen LogP contribution in [0.25, 0.3) is 0 Å². The predicted octanol–water partition coefficient (Wildman–Crippen LogP) is -8.45. The van der Waals surface area contributed by atoms with Crippen molar-refractivity contribution in [1.29, 1.82) is 0 Å². The van der Waals surface area contributed by atoms with E-state index in [0.717, 1.165) is 20.3 Å². The fourth-order valence-electron chi connectivity index (χ4n) is 9.96. The highest BCUT2D eigenvalue weighted by Crippen LogP contribution is 2.15. The van der Waals surface area contributed by atoms with Gasteiger partial charge in [-0.25, -0.2) is 0 Å². The molecule has 1 aliphatic rings. The summed E-state index contributed by atoms with van der Waals surface area (Å²) >= 11 is 0. The summed E-state index contributed by atoms with van der Waals surface area (Å²) in [6.45, 7) is 8.85. The molecule has 1 rings (SSSR count). The van der Waals surface area contributed by atoms with E-state index in [1.54, 1.807) is 13.8 Å². The first-order valence-corrected chi connectivity index (χ1v) is 42.0. The Balaban J connectivity index is 4.35. The second-order valence-electron chi connectivity index (χ2n) is 25.9. The fourth-order valence-corrected chi connectivity index (χ4v) is 12.0. The van der Waals surface area contributed by atoms with Crippen molar-refractivity contribution in [3.8, 4) is 0 Å². The number of unbranched alkanes of at least 4 members (excludes halogenated alkanes) is 1. The van der Waals surface area contributed by atoms with Crippen LogP contribution in [0.5, 0.6) is 0 Å². The standard InChI is InChI=1S/C57H108N16O28S5/c1-9-33(5)44-55(84)68-38(16-22-59-28-103(90,91)92)48(77)66-41(19-25-62-31-106(99,100)101)53(82)72-46(35(7)74)54(83)63-26-20-42(50(79)65-40(18-24-61-30-105(96,97)98)52(81)70-45(34(6)10-2)56(85)71-44)67-49(78)39(17-23-60-29-104(93,94)95)69-57(86)47(36(8)75)73-51(80)37(15-21-58-27-102(87,88)89)64-43(76)14-12-11-13-32(3)4/h32-42,44-47,58-62,74-75H,9-31H2,1-8H3,(H,63,83)(H,64,76)(H,65,79)(H,66,77)(H,67,78)(H,68,84)(H,69,86)(H,70,81)(H,71,85)(H,72,82)(H,73,80)(H,87,88,89)(H,90,91,92)(H,93,94,95)(H,96,97,98)(H,99,100,101). The number of rotatable bonds is 43. The molecule has 0 spiro atoms. The Morgan fingerprint density at radius 1 is 0.434 bits per heavy atom. The summed E-state index contributed by atoms with van der Waals surface area (Å²) in [4.78, 5) is 158. The lowest BCUT2D eigenvalue weighted by atomic mass is 9.94. The van der Waals surface area contributed by atoms with E-state index < -0.39 is 294 Å². The topological polar surface area (TPSA) is 693 Å². The molecule has 14 unspecified atom stereocenters. The number of aliphatic hydroxyl groups excluding tert-OH is 2. The highest BCUT2D eigenvalue weighted by Gasteiger charge is 2.39.